The molecular formula is C6H11N3O4. The van der Waals surface area contributed by atoms with Crippen molar-refractivity contribution < 1.29 is 20.1 Å². The fraction of sp³-hybridized carbons (Fsp3) is 1.00. The number of hydrogen-bond acceptors (Lipinski definition) is 5. The number of hydrogen-bond donors (Lipinski definition) is 3. The summed E-state index contributed by atoms with van der Waals surface area (Å²) < 4.78 is 4.95. The molecule has 7 nitrogen and oxygen atoms in total. The van der Waals surface area contributed by atoms with Crippen LogP contribution in [0.5, 0.6) is 0 Å². The second kappa shape index (κ2) is 4.40. The van der Waals surface area contributed by atoms with Crippen molar-refractivity contribution in [2.75, 3.05) is 13.2 Å². The molecule has 7 heteroatoms. The summed E-state index contributed by atoms with van der Waals surface area (Å²) in [6, 6.07) is -0.932. The van der Waals surface area contributed by atoms with Gasteiger partial charge in [-0.2, -0.15) is 0 Å². The first kappa shape index (κ1) is 10.2. The van der Waals surface area contributed by atoms with Gasteiger partial charge in [-0.3, -0.25) is 0 Å². The van der Waals surface area contributed by atoms with E-state index in [0.717, 1.165) is 0 Å². The van der Waals surface area contributed by atoms with Crippen molar-refractivity contribution in [2.24, 2.45) is 5.11 Å². The molecule has 0 saturated carbocycles. The highest BCUT2D eigenvalue weighted by atomic mass is 16.5. The molecule has 1 rings (SSSR count). The zero-order valence-electron chi connectivity index (χ0n) is 6.82. The smallest absolute Gasteiger partial charge is 0.104 e. The third kappa shape index (κ3) is 2.09. The minimum atomic E-state index is -1.18. The molecule has 1 aliphatic heterocycles. The first-order valence-electron chi connectivity index (χ1n) is 3.83. The topological polar surface area (TPSA) is 119 Å². The Balaban J connectivity index is 2.74. The fourth-order valence-corrected chi connectivity index (χ4v) is 1.23. The van der Waals surface area contributed by atoms with Crippen LogP contribution in [0.25, 0.3) is 10.4 Å². The third-order valence-electron chi connectivity index (χ3n) is 1.97. The van der Waals surface area contributed by atoms with Gasteiger partial charge in [-0.15, -0.1) is 0 Å². The molecule has 0 unspecified atom stereocenters. The molecule has 1 saturated heterocycles. The van der Waals surface area contributed by atoms with E-state index in [4.69, 9.17) is 20.5 Å². The molecule has 4 atom stereocenters. The predicted octanol–water partition coefficient (Wildman–Crippen LogP) is -1.22. The Hall–Kier alpha value is -0.850. The highest BCUT2D eigenvalue weighted by Crippen LogP contribution is 2.18. The van der Waals surface area contributed by atoms with Crippen molar-refractivity contribution in [3.63, 3.8) is 0 Å². The Labute approximate surface area is 74.2 Å². The van der Waals surface area contributed by atoms with Gasteiger partial charge in [0.05, 0.1) is 31.5 Å². The highest BCUT2D eigenvalue weighted by molar-refractivity contribution is 4.91. The summed E-state index contributed by atoms with van der Waals surface area (Å²) in [5.41, 5.74) is 8.16. The SMILES string of the molecule is [N-]=[N+]=N[C@H]1[C@H](O)[C@@H](O)CO[C@@H]1CO. The van der Waals surface area contributed by atoms with E-state index >= 15 is 0 Å². The molecule has 1 fully saturated rings. The van der Waals surface area contributed by atoms with Crippen molar-refractivity contribution in [2.45, 2.75) is 24.4 Å². The van der Waals surface area contributed by atoms with Gasteiger partial charge in [0.2, 0.25) is 0 Å². The summed E-state index contributed by atoms with van der Waals surface area (Å²) in [5, 5.41) is 30.6. The quantitative estimate of drug-likeness (QED) is 0.286. The van der Waals surface area contributed by atoms with E-state index < -0.39 is 24.4 Å². The molecule has 3 N–H and O–H groups in total. The average molecular weight is 189 g/mol. The maximum absolute atomic E-state index is 9.36. The number of aliphatic hydroxyl groups excluding tert-OH is 3. The lowest BCUT2D eigenvalue weighted by molar-refractivity contribution is -0.143. The lowest BCUT2D eigenvalue weighted by Crippen LogP contribution is -2.53. The average Bonchev–Trinajstić information content (AvgIpc) is 2.14. The maximum atomic E-state index is 9.36. The molecule has 74 valence electrons. The molecule has 0 aromatic rings. The van der Waals surface area contributed by atoms with Crippen molar-refractivity contribution in [1.82, 2.24) is 0 Å². The molecule has 13 heavy (non-hydrogen) atoms. The standard InChI is InChI=1S/C6H11N3O4/c7-9-8-5-4(1-10)13-2-3(11)6(5)12/h3-6,10-12H,1-2H2/t3-,4+,5+,6+/m0/s1. The minimum absolute atomic E-state index is 0.0656. The Morgan fingerprint density at radius 1 is 1.54 bits per heavy atom. The number of ether oxygens (including phenoxy) is 1. The predicted molar refractivity (Wildman–Crippen MR) is 41.8 cm³/mol. The summed E-state index contributed by atoms with van der Waals surface area (Å²) in [7, 11) is 0. The van der Waals surface area contributed by atoms with E-state index in [0.29, 0.717) is 0 Å². The highest BCUT2D eigenvalue weighted by Gasteiger charge is 2.37. The summed E-state index contributed by atoms with van der Waals surface area (Å²) in [5.74, 6) is 0. The summed E-state index contributed by atoms with van der Waals surface area (Å²) in [6.07, 6.45) is -2.99. The van der Waals surface area contributed by atoms with Gasteiger partial charge in [-0.25, -0.2) is 0 Å². The van der Waals surface area contributed by atoms with Gasteiger partial charge >= 0.3 is 0 Å². The van der Waals surface area contributed by atoms with Crippen molar-refractivity contribution in [3.8, 4) is 0 Å². The second-order valence-corrected chi connectivity index (χ2v) is 2.81. The van der Waals surface area contributed by atoms with Crippen LogP contribution in [0.4, 0.5) is 0 Å². The molecule has 0 aromatic heterocycles. The lowest BCUT2D eigenvalue weighted by Gasteiger charge is -2.34. The molecular weight excluding hydrogens is 178 g/mol. The van der Waals surface area contributed by atoms with E-state index in [1.54, 1.807) is 0 Å². The van der Waals surface area contributed by atoms with Crippen LogP contribution < -0.4 is 0 Å². The summed E-state index contributed by atoms with van der Waals surface area (Å²) >= 11 is 0. The molecule has 1 heterocycles. The molecule has 0 spiro atoms. The lowest BCUT2D eigenvalue weighted by atomic mass is 9.98. The van der Waals surface area contributed by atoms with E-state index in [1.165, 1.54) is 0 Å². The summed E-state index contributed by atoms with van der Waals surface area (Å²) in [6.45, 7) is -0.419. The Kier molecular flexibility index (Phi) is 3.47. The normalized spacial score (nSPS) is 39.6. The van der Waals surface area contributed by atoms with Gasteiger partial charge in [0.25, 0.3) is 0 Å². The van der Waals surface area contributed by atoms with Gasteiger partial charge in [0.15, 0.2) is 0 Å². The van der Waals surface area contributed by atoms with Crippen LogP contribution in [0.15, 0.2) is 5.11 Å². The number of aliphatic hydroxyl groups is 3. The van der Waals surface area contributed by atoms with Gasteiger partial charge in [-0.05, 0) is 5.53 Å². The van der Waals surface area contributed by atoms with E-state index in [-0.39, 0.29) is 13.2 Å². The third-order valence-corrected chi connectivity index (χ3v) is 1.97. The van der Waals surface area contributed by atoms with Crippen molar-refractivity contribution in [3.05, 3.63) is 10.4 Å². The van der Waals surface area contributed by atoms with Crippen molar-refractivity contribution in [1.29, 1.82) is 0 Å². The van der Waals surface area contributed by atoms with Crippen LogP contribution in [0.1, 0.15) is 0 Å². The molecule has 0 amide bonds. The zero-order valence-corrected chi connectivity index (χ0v) is 6.82. The van der Waals surface area contributed by atoms with Crippen LogP contribution in [0.3, 0.4) is 0 Å². The second-order valence-electron chi connectivity index (χ2n) is 2.81. The molecule has 0 radical (unpaired) electrons. The summed E-state index contributed by atoms with van der Waals surface area (Å²) in [4.78, 5) is 2.51. The van der Waals surface area contributed by atoms with Crippen LogP contribution in [-0.4, -0.2) is 52.9 Å². The van der Waals surface area contributed by atoms with Crippen molar-refractivity contribution >= 4 is 0 Å². The largest absolute Gasteiger partial charge is 0.394 e. The molecule has 0 aliphatic carbocycles. The Morgan fingerprint density at radius 3 is 2.77 bits per heavy atom. The van der Waals surface area contributed by atoms with E-state index in [1.807, 2.05) is 0 Å². The number of rotatable bonds is 2. The van der Waals surface area contributed by atoms with E-state index in [2.05, 4.69) is 10.0 Å². The van der Waals surface area contributed by atoms with Gasteiger partial charge in [0.1, 0.15) is 6.10 Å². The van der Waals surface area contributed by atoms with Gasteiger partial charge < -0.3 is 20.1 Å². The van der Waals surface area contributed by atoms with E-state index in [9.17, 15) is 5.11 Å². The zero-order chi connectivity index (χ0) is 9.84. The van der Waals surface area contributed by atoms with Crippen LogP contribution >= 0.6 is 0 Å². The van der Waals surface area contributed by atoms with Crippen LogP contribution in [0, 0.1) is 0 Å². The Bertz CT molecular complexity index is 216. The first-order chi connectivity index (χ1) is 6.20. The number of azide groups is 1. The maximum Gasteiger partial charge on any atom is 0.104 e. The number of nitrogens with zero attached hydrogens (tertiary/aromatic N) is 3. The van der Waals surface area contributed by atoms with Crippen LogP contribution in [0.2, 0.25) is 0 Å². The van der Waals surface area contributed by atoms with Gasteiger partial charge in [-0.1, -0.05) is 5.11 Å². The fourth-order valence-electron chi connectivity index (χ4n) is 1.23. The molecule has 1 aliphatic rings. The Morgan fingerprint density at radius 2 is 2.23 bits per heavy atom. The van der Waals surface area contributed by atoms with Gasteiger partial charge in [0, 0.05) is 4.91 Å². The first-order valence-corrected chi connectivity index (χ1v) is 3.83. The monoisotopic (exact) mass is 189 g/mol. The molecule has 0 bridgehead atoms. The molecule has 0 aromatic carbocycles. The van der Waals surface area contributed by atoms with Crippen LogP contribution in [-0.2, 0) is 4.74 Å². The minimum Gasteiger partial charge on any atom is -0.394 e.